The van der Waals surface area contributed by atoms with Crippen molar-refractivity contribution >= 4 is 0 Å². The molecule has 0 aliphatic heterocycles. The maximum absolute atomic E-state index is 11.6. The first-order chi connectivity index (χ1) is 6.91. The Hall–Kier alpha value is -0.560. The van der Waals surface area contributed by atoms with Crippen molar-refractivity contribution in [2.45, 2.75) is 33.1 Å². The number of halogens is 8. The zero-order valence-electron chi connectivity index (χ0n) is 9.23. The lowest BCUT2D eigenvalue weighted by Crippen LogP contribution is -2.44. The van der Waals surface area contributed by atoms with Gasteiger partial charge in [-0.15, -0.1) is 0 Å². The van der Waals surface area contributed by atoms with Crippen LogP contribution in [0, 0.1) is 5.41 Å². The molecule has 0 rings (SSSR count). The lowest BCUT2D eigenvalue weighted by Gasteiger charge is -2.29. The van der Waals surface area contributed by atoms with Gasteiger partial charge >= 0.3 is 12.4 Å². The van der Waals surface area contributed by atoms with Gasteiger partial charge in [0, 0.05) is 0 Å². The minimum absolute atomic E-state index is 0.104. The highest BCUT2D eigenvalue weighted by molar-refractivity contribution is 4.84. The molecule has 0 heterocycles. The molecule has 0 aromatic carbocycles. The average Bonchev–Trinajstić information content (AvgIpc) is 2.05. The van der Waals surface area contributed by atoms with Crippen molar-refractivity contribution in [2.75, 3.05) is 13.9 Å². The van der Waals surface area contributed by atoms with Crippen molar-refractivity contribution in [3.8, 4) is 0 Å². The molecule has 0 saturated heterocycles. The van der Waals surface area contributed by atoms with Gasteiger partial charge in [0.15, 0.2) is 5.41 Å². The molecule has 0 spiro atoms. The van der Waals surface area contributed by atoms with Gasteiger partial charge in [0.05, 0.1) is 13.9 Å². The van der Waals surface area contributed by atoms with E-state index in [0.29, 0.717) is 7.18 Å². The Morgan fingerprint density at radius 3 is 0.875 bits per heavy atom. The Morgan fingerprint density at radius 1 is 0.750 bits per heavy atom. The van der Waals surface area contributed by atoms with Crippen LogP contribution in [0.25, 0.3) is 0 Å². The topological polar surface area (TPSA) is 0 Å². The van der Waals surface area contributed by atoms with Crippen LogP contribution in [-0.2, 0) is 0 Å². The summed E-state index contributed by atoms with van der Waals surface area (Å²) in [5, 5.41) is 0. The normalized spacial score (nSPS) is 12.0. The van der Waals surface area contributed by atoms with E-state index in [2.05, 4.69) is 0 Å². The van der Waals surface area contributed by atoms with Crippen LogP contribution in [0.1, 0.15) is 20.8 Å². The fourth-order valence-corrected chi connectivity index (χ4v) is 0.161. The van der Waals surface area contributed by atoms with Crippen molar-refractivity contribution in [1.29, 1.82) is 0 Å². The first-order valence-electron chi connectivity index (χ1n) is 3.99. The van der Waals surface area contributed by atoms with E-state index in [-0.39, 0.29) is 20.5 Å². The van der Waals surface area contributed by atoms with E-state index >= 15 is 0 Å². The second-order valence-corrected chi connectivity index (χ2v) is 2.89. The van der Waals surface area contributed by atoms with Crippen LogP contribution in [0.2, 0.25) is 0 Å². The van der Waals surface area contributed by atoms with Crippen LogP contribution in [0.4, 0.5) is 35.1 Å². The summed E-state index contributed by atoms with van der Waals surface area (Å²) < 4.78 is 89.4. The van der Waals surface area contributed by atoms with E-state index in [4.69, 9.17) is 0 Å². The van der Waals surface area contributed by atoms with Crippen LogP contribution >= 0.6 is 0 Å². The molecule has 0 aliphatic rings. The number of alkyl halides is 8. The van der Waals surface area contributed by atoms with E-state index in [0.717, 1.165) is 0 Å². The molecule has 0 nitrogen and oxygen atoms in total. The highest BCUT2D eigenvalue weighted by Gasteiger charge is 2.64. The van der Waals surface area contributed by atoms with Gasteiger partial charge in [0.2, 0.25) is 0 Å². The molecule has 0 aromatic rings. The van der Waals surface area contributed by atoms with E-state index in [1.54, 1.807) is 0 Å². The monoisotopic (exact) mass is 262 g/mol. The molecule has 8 heteroatoms. The molecule has 0 unspecified atom stereocenters. The number of rotatable bonds is 0. The zero-order valence-corrected chi connectivity index (χ0v) is 9.23. The van der Waals surface area contributed by atoms with E-state index < -0.39 is 17.8 Å². The first-order valence-corrected chi connectivity index (χ1v) is 3.99. The zero-order chi connectivity index (χ0) is 14.2. The Labute approximate surface area is 88.6 Å². The van der Waals surface area contributed by atoms with Crippen molar-refractivity contribution < 1.29 is 35.1 Å². The predicted molar refractivity (Wildman–Crippen MR) is 44.6 cm³/mol. The highest BCUT2D eigenvalue weighted by atomic mass is 19.4. The summed E-state index contributed by atoms with van der Waals surface area (Å²) in [6.45, 7) is 1.42. The van der Waals surface area contributed by atoms with E-state index in [1.807, 2.05) is 0 Å². The third-order valence-corrected chi connectivity index (χ3v) is 1.42. The van der Waals surface area contributed by atoms with Gasteiger partial charge in [-0.05, 0) is 20.8 Å². The number of hydrogen-bond donors (Lipinski definition) is 0. The summed E-state index contributed by atoms with van der Waals surface area (Å²) in [5.41, 5.74) is -3.62. The first kappa shape index (κ1) is 20.8. The molecule has 0 radical (unpaired) electrons. The van der Waals surface area contributed by atoms with E-state index in [9.17, 15) is 35.1 Å². The minimum Gasteiger partial charge on any atom is -0.255 e. The van der Waals surface area contributed by atoms with Gasteiger partial charge in [-0.3, -0.25) is 8.78 Å². The number of hydrogen-bond acceptors (Lipinski definition) is 0. The molecule has 0 aromatic heterocycles. The van der Waals surface area contributed by atoms with Crippen LogP contribution in [0.5, 0.6) is 0 Å². The standard InChI is InChI=1S/C5H6F6.C2H5F.CH3F/c1-3(2,4(6,7)8)5(9,10)11;1-2-3;1-2/h1-2H3;2H2,1H3;1H3. The van der Waals surface area contributed by atoms with Crippen LogP contribution in [0.15, 0.2) is 0 Å². The quantitative estimate of drug-likeness (QED) is 0.555. The Balaban J connectivity index is -0.000000289. The molecule has 16 heavy (non-hydrogen) atoms. The third-order valence-electron chi connectivity index (χ3n) is 1.42. The summed E-state index contributed by atoms with van der Waals surface area (Å²) in [6, 6.07) is 0. The molecular weight excluding hydrogens is 248 g/mol. The van der Waals surface area contributed by atoms with Crippen molar-refractivity contribution in [2.24, 2.45) is 5.41 Å². The Kier molecular flexibility index (Phi) is 9.97. The lowest BCUT2D eigenvalue weighted by molar-refractivity contribution is -0.327. The van der Waals surface area contributed by atoms with E-state index in [1.165, 1.54) is 6.92 Å². The Bertz CT molecular complexity index is 138. The summed E-state index contributed by atoms with van der Waals surface area (Å²) in [7, 11) is 0.500. The smallest absolute Gasteiger partial charge is 0.255 e. The molecular formula is C8H14F8. The second-order valence-electron chi connectivity index (χ2n) is 2.89. The predicted octanol–water partition coefficient (Wildman–Crippen LogP) is 4.70. The summed E-state index contributed by atoms with van der Waals surface area (Å²) in [5.74, 6) is 0. The molecule has 0 bridgehead atoms. The van der Waals surface area contributed by atoms with Crippen LogP contribution in [-0.4, -0.2) is 26.2 Å². The van der Waals surface area contributed by atoms with Gasteiger partial charge in [-0.1, -0.05) is 0 Å². The van der Waals surface area contributed by atoms with Crippen molar-refractivity contribution in [1.82, 2.24) is 0 Å². The SMILES string of the molecule is CC(C)(C(F)(F)F)C(F)(F)F.CCF.CF. The molecule has 0 N–H and O–H groups in total. The molecule has 0 atom stereocenters. The molecule has 102 valence electrons. The van der Waals surface area contributed by atoms with Gasteiger partial charge in [-0.25, -0.2) is 0 Å². The van der Waals surface area contributed by atoms with Gasteiger partial charge in [0.1, 0.15) is 0 Å². The van der Waals surface area contributed by atoms with Gasteiger partial charge in [0.25, 0.3) is 0 Å². The summed E-state index contributed by atoms with van der Waals surface area (Å²) in [6.07, 6.45) is -10.5. The maximum Gasteiger partial charge on any atom is 0.402 e. The Morgan fingerprint density at radius 2 is 0.875 bits per heavy atom. The van der Waals surface area contributed by atoms with Gasteiger partial charge < -0.3 is 0 Å². The van der Waals surface area contributed by atoms with Crippen molar-refractivity contribution in [3.05, 3.63) is 0 Å². The fourth-order valence-electron chi connectivity index (χ4n) is 0.161. The molecule has 0 amide bonds. The maximum atomic E-state index is 11.6. The third kappa shape index (κ3) is 6.84. The lowest BCUT2D eigenvalue weighted by atomic mass is 9.92. The van der Waals surface area contributed by atoms with Crippen molar-refractivity contribution in [3.63, 3.8) is 0 Å². The van der Waals surface area contributed by atoms with Crippen LogP contribution in [0.3, 0.4) is 0 Å². The second kappa shape index (κ2) is 7.67. The fraction of sp³-hybridized carbons (Fsp3) is 1.00. The highest BCUT2D eigenvalue weighted by Crippen LogP contribution is 2.49. The average molecular weight is 262 g/mol. The van der Waals surface area contributed by atoms with Crippen LogP contribution < -0.4 is 0 Å². The minimum atomic E-state index is -5.24. The van der Waals surface area contributed by atoms with Gasteiger partial charge in [-0.2, -0.15) is 26.3 Å². The molecule has 0 saturated carbocycles. The molecule has 0 aliphatic carbocycles. The summed E-state index contributed by atoms with van der Waals surface area (Å²) in [4.78, 5) is 0. The summed E-state index contributed by atoms with van der Waals surface area (Å²) >= 11 is 0. The molecule has 0 fully saturated rings. The largest absolute Gasteiger partial charge is 0.402 e.